The van der Waals surface area contributed by atoms with Gasteiger partial charge in [-0.15, -0.1) is 0 Å². The highest BCUT2D eigenvalue weighted by Gasteiger charge is 2.24. The molecule has 2 atom stereocenters. The number of alkyl halides is 2. The molecule has 0 aromatic rings. The van der Waals surface area contributed by atoms with E-state index < -0.39 is 12.8 Å². The van der Waals surface area contributed by atoms with E-state index in [-0.39, 0.29) is 11.8 Å². The van der Waals surface area contributed by atoms with Crippen molar-refractivity contribution in [3.63, 3.8) is 0 Å². The van der Waals surface area contributed by atoms with Crippen molar-refractivity contribution in [2.75, 3.05) is 6.67 Å². The van der Waals surface area contributed by atoms with Crippen LogP contribution in [0, 0.1) is 11.8 Å². The van der Waals surface area contributed by atoms with Crippen LogP contribution in [-0.2, 0) is 0 Å². The summed E-state index contributed by atoms with van der Waals surface area (Å²) < 4.78 is 25.9. The van der Waals surface area contributed by atoms with Crippen molar-refractivity contribution < 1.29 is 8.78 Å². The summed E-state index contributed by atoms with van der Waals surface area (Å²) >= 11 is 0. The summed E-state index contributed by atoms with van der Waals surface area (Å²) in [6, 6.07) is 0. The van der Waals surface area contributed by atoms with Crippen molar-refractivity contribution in [1.82, 2.24) is 0 Å². The van der Waals surface area contributed by atoms with Gasteiger partial charge in [-0.3, -0.25) is 0 Å². The molecule has 0 fully saturated rings. The van der Waals surface area contributed by atoms with E-state index in [9.17, 15) is 8.78 Å². The fourth-order valence-corrected chi connectivity index (χ4v) is 1.57. The molecule has 0 radical (unpaired) electrons. The second-order valence-electron chi connectivity index (χ2n) is 3.82. The van der Waals surface area contributed by atoms with Crippen LogP contribution in [-0.4, -0.2) is 12.8 Å². The molecule has 0 saturated heterocycles. The van der Waals surface area contributed by atoms with Crippen molar-refractivity contribution >= 4 is 0 Å². The molecule has 0 heterocycles. The number of rotatable bonds is 3. The van der Waals surface area contributed by atoms with Crippen LogP contribution >= 0.6 is 0 Å². The highest BCUT2D eigenvalue weighted by atomic mass is 19.1. The van der Waals surface area contributed by atoms with Gasteiger partial charge in [-0.2, -0.15) is 0 Å². The topological polar surface area (TPSA) is 0 Å². The van der Waals surface area contributed by atoms with Crippen LogP contribution < -0.4 is 0 Å². The third-order valence-corrected chi connectivity index (χ3v) is 2.40. The van der Waals surface area contributed by atoms with Crippen LogP contribution in [0.25, 0.3) is 0 Å². The zero-order valence-electron chi connectivity index (χ0n) is 8.58. The standard InChI is InChI=1S/C12H16F2/c1-9(2)12(14)11-6-4-3-5-10(11)7-8-13/h3-7,9,11-12H,8H2,1-2H3/b10-7-. The van der Waals surface area contributed by atoms with Crippen LogP contribution in [0.2, 0.25) is 0 Å². The summed E-state index contributed by atoms with van der Waals surface area (Å²) in [7, 11) is 0. The Morgan fingerprint density at radius 2 is 2.14 bits per heavy atom. The first-order valence-corrected chi connectivity index (χ1v) is 4.91. The lowest BCUT2D eigenvalue weighted by Crippen LogP contribution is -2.22. The van der Waals surface area contributed by atoms with E-state index in [2.05, 4.69) is 0 Å². The maximum atomic E-state index is 13.7. The average Bonchev–Trinajstić information content (AvgIpc) is 2.18. The first-order chi connectivity index (χ1) is 6.66. The Morgan fingerprint density at radius 1 is 1.43 bits per heavy atom. The smallest absolute Gasteiger partial charge is 0.113 e. The van der Waals surface area contributed by atoms with Crippen molar-refractivity contribution in [2.24, 2.45) is 11.8 Å². The van der Waals surface area contributed by atoms with Gasteiger partial charge in [0.25, 0.3) is 0 Å². The largest absolute Gasteiger partial charge is 0.247 e. The van der Waals surface area contributed by atoms with Gasteiger partial charge in [-0.05, 0) is 17.6 Å². The molecule has 0 aromatic carbocycles. The molecule has 0 N–H and O–H groups in total. The fraction of sp³-hybridized carbons (Fsp3) is 0.500. The van der Waals surface area contributed by atoms with Gasteiger partial charge in [0.1, 0.15) is 12.8 Å². The molecular weight excluding hydrogens is 182 g/mol. The summed E-state index contributed by atoms with van der Waals surface area (Å²) in [6.07, 6.45) is 7.71. The van der Waals surface area contributed by atoms with E-state index in [0.29, 0.717) is 0 Å². The minimum atomic E-state index is -0.936. The molecule has 1 aliphatic rings. The second-order valence-corrected chi connectivity index (χ2v) is 3.82. The first kappa shape index (κ1) is 11.2. The molecule has 0 spiro atoms. The summed E-state index contributed by atoms with van der Waals surface area (Å²) in [5.41, 5.74) is 0.746. The second kappa shape index (κ2) is 5.08. The molecule has 14 heavy (non-hydrogen) atoms. The van der Waals surface area contributed by atoms with Gasteiger partial charge in [0.05, 0.1) is 0 Å². The lowest BCUT2D eigenvalue weighted by molar-refractivity contribution is 0.216. The monoisotopic (exact) mass is 198 g/mol. The Labute approximate surface area is 84.0 Å². The van der Waals surface area contributed by atoms with Crippen molar-refractivity contribution in [2.45, 2.75) is 20.0 Å². The molecule has 1 aliphatic carbocycles. The maximum Gasteiger partial charge on any atom is 0.113 e. The third-order valence-electron chi connectivity index (χ3n) is 2.40. The number of hydrogen-bond acceptors (Lipinski definition) is 0. The van der Waals surface area contributed by atoms with E-state index in [4.69, 9.17) is 0 Å². The minimum absolute atomic E-state index is 0.0424. The Bertz CT molecular complexity index is 261. The van der Waals surface area contributed by atoms with Crippen molar-refractivity contribution in [1.29, 1.82) is 0 Å². The van der Waals surface area contributed by atoms with Gasteiger partial charge < -0.3 is 0 Å². The van der Waals surface area contributed by atoms with Crippen LogP contribution in [0.15, 0.2) is 36.0 Å². The normalized spacial score (nSPS) is 26.1. The average molecular weight is 198 g/mol. The highest BCUT2D eigenvalue weighted by Crippen LogP contribution is 2.28. The Balaban J connectivity index is 2.80. The molecule has 78 valence electrons. The van der Waals surface area contributed by atoms with Crippen molar-refractivity contribution in [3.05, 3.63) is 36.0 Å². The lowest BCUT2D eigenvalue weighted by atomic mass is 9.85. The molecule has 2 heteroatoms. The van der Waals surface area contributed by atoms with E-state index >= 15 is 0 Å². The zero-order chi connectivity index (χ0) is 10.6. The molecule has 0 aliphatic heterocycles. The predicted octanol–water partition coefficient (Wildman–Crippen LogP) is 3.62. The number of halogens is 2. The van der Waals surface area contributed by atoms with Gasteiger partial charge in [-0.25, -0.2) is 8.78 Å². The van der Waals surface area contributed by atoms with Crippen LogP contribution in [0.1, 0.15) is 13.8 Å². The molecule has 0 amide bonds. The summed E-state index contributed by atoms with van der Waals surface area (Å²) in [4.78, 5) is 0. The van der Waals surface area contributed by atoms with Crippen LogP contribution in [0.5, 0.6) is 0 Å². The molecular formula is C12H16F2. The van der Waals surface area contributed by atoms with Crippen LogP contribution in [0.3, 0.4) is 0 Å². The summed E-state index contributed by atoms with van der Waals surface area (Å²) in [5, 5.41) is 0. The lowest BCUT2D eigenvalue weighted by Gasteiger charge is -2.23. The predicted molar refractivity (Wildman–Crippen MR) is 55.6 cm³/mol. The van der Waals surface area contributed by atoms with Gasteiger partial charge in [0.15, 0.2) is 0 Å². The first-order valence-electron chi connectivity index (χ1n) is 4.91. The third kappa shape index (κ3) is 2.53. The van der Waals surface area contributed by atoms with E-state index in [1.807, 2.05) is 26.0 Å². The highest BCUT2D eigenvalue weighted by molar-refractivity contribution is 5.34. The summed E-state index contributed by atoms with van der Waals surface area (Å²) in [6.45, 7) is 3.14. The summed E-state index contributed by atoms with van der Waals surface area (Å²) in [5.74, 6) is -0.324. The van der Waals surface area contributed by atoms with Gasteiger partial charge >= 0.3 is 0 Å². The molecule has 0 bridgehead atoms. The molecule has 0 saturated carbocycles. The van der Waals surface area contributed by atoms with Crippen molar-refractivity contribution in [3.8, 4) is 0 Å². The quantitative estimate of drug-likeness (QED) is 0.649. The minimum Gasteiger partial charge on any atom is -0.247 e. The van der Waals surface area contributed by atoms with Gasteiger partial charge in [0.2, 0.25) is 0 Å². The number of hydrogen-bond donors (Lipinski definition) is 0. The Kier molecular flexibility index (Phi) is 4.05. The molecule has 2 unspecified atom stereocenters. The van der Waals surface area contributed by atoms with Gasteiger partial charge in [0, 0.05) is 5.92 Å². The fourth-order valence-electron chi connectivity index (χ4n) is 1.57. The Morgan fingerprint density at radius 3 is 2.71 bits per heavy atom. The van der Waals surface area contributed by atoms with E-state index in [1.165, 1.54) is 6.08 Å². The number of allylic oxidation sites excluding steroid dienone is 6. The van der Waals surface area contributed by atoms with Crippen LogP contribution in [0.4, 0.5) is 8.78 Å². The van der Waals surface area contributed by atoms with E-state index in [1.54, 1.807) is 12.2 Å². The van der Waals surface area contributed by atoms with E-state index in [0.717, 1.165) is 5.57 Å². The SMILES string of the molecule is CC(C)C(F)C1C=CC=C/C1=C/CF. The van der Waals surface area contributed by atoms with Gasteiger partial charge in [-0.1, -0.05) is 38.2 Å². The zero-order valence-corrected chi connectivity index (χ0v) is 8.58. The molecule has 0 aromatic heterocycles. The molecule has 1 rings (SSSR count). The molecule has 0 nitrogen and oxygen atoms in total. The maximum absolute atomic E-state index is 13.7. The Hall–Kier alpha value is -0.920.